The number of esters is 1. The number of rotatable bonds is 5. The molecule has 31 heavy (non-hydrogen) atoms. The highest BCUT2D eigenvalue weighted by Gasteiger charge is 2.19. The zero-order valence-corrected chi connectivity index (χ0v) is 18.1. The van der Waals surface area contributed by atoms with Gasteiger partial charge in [-0.2, -0.15) is 0 Å². The van der Waals surface area contributed by atoms with E-state index in [1.165, 1.54) is 13.4 Å². The van der Waals surface area contributed by atoms with Gasteiger partial charge in [-0.3, -0.25) is 0 Å². The molecule has 0 spiro atoms. The third-order valence-corrected chi connectivity index (χ3v) is 6.11. The smallest absolute Gasteiger partial charge is 0.339 e. The van der Waals surface area contributed by atoms with Crippen LogP contribution in [0.3, 0.4) is 0 Å². The van der Waals surface area contributed by atoms with Crippen LogP contribution in [0.5, 0.6) is 0 Å². The Morgan fingerprint density at radius 3 is 2.77 bits per heavy atom. The van der Waals surface area contributed by atoms with Gasteiger partial charge in [0.25, 0.3) is 0 Å². The molecule has 2 aromatic heterocycles. The van der Waals surface area contributed by atoms with E-state index in [1.54, 1.807) is 47.2 Å². The predicted molar refractivity (Wildman–Crippen MR) is 121 cm³/mol. The summed E-state index contributed by atoms with van der Waals surface area (Å²) in [5.41, 5.74) is 8.07. The quantitative estimate of drug-likeness (QED) is 0.324. The molecule has 2 aromatic carbocycles. The molecule has 0 saturated carbocycles. The standard InChI is InChI=1S/C21H17ClFN5O2S/c1-28-9-13(16-19(24)25-10-26-20(16)28)11-5-3-7-14(18(11)23)27-31-15-8-4-6-12(17(15)22)21(29)30-2/h3-10,27H,1-2H3,(H2,24,25,26). The van der Waals surface area contributed by atoms with E-state index in [0.29, 0.717) is 27.1 Å². The maximum atomic E-state index is 15.4. The van der Waals surface area contributed by atoms with Crippen LogP contribution in [0.15, 0.2) is 53.8 Å². The number of nitrogens with zero attached hydrogens (tertiary/aromatic N) is 3. The first-order valence-corrected chi connectivity index (χ1v) is 10.3. The largest absolute Gasteiger partial charge is 0.465 e. The van der Waals surface area contributed by atoms with Crippen LogP contribution in [-0.4, -0.2) is 27.6 Å². The van der Waals surface area contributed by atoms with Crippen LogP contribution in [-0.2, 0) is 11.8 Å². The van der Waals surface area contributed by atoms with E-state index in [2.05, 4.69) is 14.7 Å². The monoisotopic (exact) mass is 457 g/mol. The fourth-order valence-electron chi connectivity index (χ4n) is 3.22. The predicted octanol–water partition coefficient (Wildman–Crippen LogP) is 4.92. The van der Waals surface area contributed by atoms with Crippen molar-refractivity contribution < 1.29 is 13.9 Å². The summed E-state index contributed by atoms with van der Waals surface area (Å²) in [5, 5.41) is 0.810. The first-order chi connectivity index (χ1) is 14.9. The van der Waals surface area contributed by atoms with E-state index >= 15 is 4.39 Å². The van der Waals surface area contributed by atoms with Gasteiger partial charge >= 0.3 is 5.97 Å². The average Bonchev–Trinajstić information content (AvgIpc) is 3.11. The zero-order valence-electron chi connectivity index (χ0n) is 16.5. The Labute approximate surface area is 186 Å². The van der Waals surface area contributed by atoms with Crippen molar-refractivity contribution >= 4 is 52.1 Å². The Kier molecular flexibility index (Phi) is 5.71. The summed E-state index contributed by atoms with van der Waals surface area (Å²) >= 11 is 7.40. The number of nitrogens with two attached hydrogens (primary N) is 1. The van der Waals surface area contributed by atoms with E-state index in [1.807, 2.05) is 7.05 Å². The number of nitrogen functional groups attached to an aromatic ring is 1. The Hall–Kier alpha value is -3.30. The molecule has 4 rings (SSSR count). The number of nitrogens with one attached hydrogen (secondary N) is 1. The molecule has 158 valence electrons. The van der Waals surface area contributed by atoms with Crippen LogP contribution in [0.25, 0.3) is 22.2 Å². The second-order valence-corrected chi connectivity index (χ2v) is 7.82. The number of carbonyl (C=O) groups is 1. The van der Waals surface area contributed by atoms with E-state index < -0.39 is 11.8 Å². The first-order valence-electron chi connectivity index (χ1n) is 9.06. The third kappa shape index (κ3) is 3.77. The number of methoxy groups -OCH3 is 1. The van der Waals surface area contributed by atoms with Gasteiger partial charge in [-0.15, -0.1) is 0 Å². The Morgan fingerprint density at radius 1 is 1.23 bits per heavy atom. The van der Waals surface area contributed by atoms with Crippen molar-refractivity contribution in [2.45, 2.75) is 4.90 Å². The van der Waals surface area contributed by atoms with Crippen molar-refractivity contribution in [2.75, 3.05) is 17.6 Å². The van der Waals surface area contributed by atoms with Crippen molar-refractivity contribution in [1.29, 1.82) is 0 Å². The van der Waals surface area contributed by atoms with Gasteiger partial charge in [0.2, 0.25) is 0 Å². The van der Waals surface area contributed by atoms with Crippen LogP contribution in [0, 0.1) is 5.82 Å². The van der Waals surface area contributed by atoms with Gasteiger partial charge in [0, 0.05) is 29.3 Å². The van der Waals surface area contributed by atoms with Crippen LogP contribution in [0.1, 0.15) is 10.4 Å². The summed E-state index contributed by atoms with van der Waals surface area (Å²) in [7, 11) is 3.09. The number of benzene rings is 2. The second-order valence-electron chi connectivity index (χ2n) is 6.59. The van der Waals surface area contributed by atoms with Crippen LogP contribution in [0.2, 0.25) is 5.02 Å². The summed E-state index contributed by atoms with van der Waals surface area (Å²) in [6.45, 7) is 0. The lowest BCUT2D eigenvalue weighted by Crippen LogP contribution is -2.03. The summed E-state index contributed by atoms with van der Waals surface area (Å²) in [4.78, 5) is 20.7. The minimum Gasteiger partial charge on any atom is -0.465 e. The van der Waals surface area contributed by atoms with Gasteiger partial charge in [-0.1, -0.05) is 29.8 Å². The number of ether oxygens (including phenoxy) is 1. The number of halogens is 2. The number of anilines is 2. The minimum atomic E-state index is -0.545. The van der Waals surface area contributed by atoms with Crippen molar-refractivity contribution in [3.8, 4) is 11.1 Å². The highest BCUT2D eigenvalue weighted by Crippen LogP contribution is 2.37. The molecule has 0 aliphatic rings. The number of aromatic nitrogens is 3. The van der Waals surface area contributed by atoms with Gasteiger partial charge in [0.15, 0.2) is 5.82 Å². The van der Waals surface area contributed by atoms with E-state index in [-0.39, 0.29) is 22.1 Å². The maximum Gasteiger partial charge on any atom is 0.339 e. The molecule has 0 aliphatic carbocycles. The minimum absolute atomic E-state index is 0.224. The van der Waals surface area contributed by atoms with E-state index in [9.17, 15) is 4.79 Å². The molecule has 0 amide bonds. The number of hydrogen-bond donors (Lipinski definition) is 2. The Morgan fingerprint density at radius 2 is 2.00 bits per heavy atom. The lowest BCUT2D eigenvalue weighted by molar-refractivity contribution is 0.0600. The number of hydrogen-bond acceptors (Lipinski definition) is 7. The molecule has 0 aliphatic heterocycles. The lowest BCUT2D eigenvalue weighted by atomic mass is 10.0. The molecule has 0 bridgehead atoms. The van der Waals surface area contributed by atoms with E-state index in [0.717, 1.165) is 11.9 Å². The highest BCUT2D eigenvalue weighted by atomic mass is 35.5. The molecule has 0 fully saturated rings. The van der Waals surface area contributed by atoms with Crippen molar-refractivity contribution in [3.05, 3.63) is 65.3 Å². The normalized spacial score (nSPS) is 11.0. The van der Waals surface area contributed by atoms with Crippen LogP contribution < -0.4 is 10.5 Å². The Bertz CT molecular complexity index is 1310. The molecular formula is C21H17ClFN5O2S. The van der Waals surface area contributed by atoms with Crippen molar-refractivity contribution in [1.82, 2.24) is 14.5 Å². The Balaban J connectivity index is 1.69. The fourth-order valence-corrected chi connectivity index (χ4v) is 4.27. The zero-order chi connectivity index (χ0) is 22.1. The number of fused-ring (bicyclic) bond motifs is 1. The number of carbonyl (C=O) groups excluding carboxylic acids is 1. The molecular weight excluding hydrogens is 441 g/mol. The molecule has 0 radical (unpaired) electrons. The molecule has 0 unspecified atom stereocenters. The first kappa shape index (κ1) is 21.0. The van der Waals surface area contributed by atoms with Gasteiger partial charge in [0.1, 0.15) is 17.8 Å². The van der Waals surface area contributed by atoms with Gasteiger partial charge in [-0.25, -0.2) is 19.2 Å². The topological polar surface area (TPSA) is 95.1 Å². The maximum absolute atomic E-state index is 15.4. The summed E-state index contributed by atoms with van der Waals surface area (Å²) in [6, 6.07) is 9.95. The third-order valence-electron chi connectivity index (χ3n) is 4.71. The van der Waals surface area contributed by atoms with E-state index in [4.69, 9.17) is 22.1 Å². The number of aryl methyl sites for hydroxylation is 1. The van der Waals surface area contributed by atoms with Crippen molar-refractivity contribution in [3.63, 3.8) is 0 Å². The second kappa shape index (κ2) is 8.44. The molecule has 0 atom stereocenters. The molecule has 0 saturated heterocycles. The fraction of sp³-hybridized carbons (Fsp3) is 0.0952. The summed E-state index contributed by atoms with van der Waals surface area (Å²) < 4.78 is 24.9. The molecule has 7 nitrogen and oxygen atoms in total. The molecule has 4 aromatic rings. The highest BCUT2D eigenvalue weighted by molar-refractivity contribution is 8.00. The molecule has 2 heterocycles. The average molecular weight is 458 g/mol. The van der Waals surface area contributed by atoms with Gasteiger partial charge in [0.05, 0.1) is 28.8 Å². The lowest BCUT2D eigenvalue weighted by Gasteiger charge is -2.12. The summed E-state index contributed by atoms with van der Waals surface area (Å²) in [5.74, 6) is -0.735. The molecule has 10 heteroatoms. The van der Waals surface area contributed by atoms with Gasteiger partial charge < -0.3 is 19.8 Å². The van der Waals surface area contributed by atoms with Crippen LogP contribution in [0.4, 0.5) is 15.9 Å². The van der Waals surface area contributed by atoms with Crippen LogP contribution >= 0.6 is 23.5 Å². The molecule has 3 N–H and O–H groups in total. The van der Waals surface area contributed by atoms with Crippen molar-refractivity contribution in [2.24, 2.45) is 7.05 Å². The summed E-state index contributed by atoms with van der Waals surface area (Å²) in [6.07, 6.45) is 3.14. The van der Waals surface area contributed by atoms with Gasteiger partial charge in [-0.05, 0) is 30.1 Å². The SMILES string of the molecule is COC(=O)c1cccc(SNc2cccc(-c3cn(C)c4ncnc(N)c34)c2F)c1Cl.